The van der Waals surface area contributed by atoms with E-state index in [1.54, 1.807) is 12.5 Å². The summed E-state index contributed by atoms with van der Waals surface area (Å²) in [4.78, 5) is 0. The van der Waals surface area contributed by atoms with Crippen molar-refractivity contribution < 1.29 is 24.8 Å². The van der Waals surface area contributed by atoms with Crippen LogP contribution in [-0.4, -0.2) is 0 Å². The average Bonchev–Trinajstić information content (AvgIpc) is 1.76. The molecule has 1 heterocycles. The maximum Gasteiger partial charge on any atom is 0.0902 e. The van der Waals surface area contributed by atoms with Crippen molar-refractivity contribution in [1.29, 1.82) is 0 Å². The fraction of sp³-hybridized carbons (Fsp3) is 0. The second-order valence-electron chi connectivity index (χ2n) is 0.793. The second kappa shape index (κ2) is 5.94. The van der Waals surface area contributed by atoms with Gasteiger partial charge in [-0.1, -0.05) is 0 Å². The molecule has 0 saturated heterocycles. The number of rotatable bonds is 0. The van der Waals surface area contributed by atoms with E-state index < -0.39 is 0 Å². The summed E-state index contributed by atoms with van der Waals surface area (Å²) in [7, 11) is 0. The molecule has 0 atom stereocenters. The molecule has 0 unspecified atom stereocenters. The Bertz CT molecular complexity index is 64.6. The smallest absolute Gasteiger partial charge is 0.0902 e. The van der Waals surface area contributed by atoms with Gasteiger partial charge in [0.1, 0.15) is 0 Å². The molecule has 1 nitrogen and oxygen atoms in total. The number of furan rings is 1. The van der Waals surface area contributed by atoms with Gasteiger partial charge in [0.25, 0.3) is 0 Å². The first-order valence-electron chi connectivity index (χ1n) is 1.47. The summed E-state index contributed by atoms with van der Waals surface area (Å²) in [6, 6.07) is 3.67. The minimum absolute atomic E-state index is 0. The molecule has 0 bridgehead atoms. The van der Waals surface area contributed by atoms with E-state index in [0.29, 0.717) is 0 Å². The molecule has 41 valence electrons. The molecule has 1 radical (unpaired) electrons. The van der Waals surface area contributed by atoms with E-state index in [2.05, 4.69) is 4.42 Å². The summed E-state index contributed by atoms with van der Waals surface area (Å²) in [6.45, 7) is 0. The zero-order chi connectivity index (χ0) is 3.54. The van der Waals surface area contributed by atoms with E-state index in [0.717, 1.165) is 0 Å². The van der Waals surface area contributed by atoms with Gasteiger partial charge in [-0.25, -0.2) is 0 Å². The van der Waals surface area contributed by atoms with E-state index >= 15 is 0 Å². The maximum absolute atomic E-state index is 4.58. The van der Waals surface area contributed by atoms with Crippen LogP contribution in [-0.2, 0) is 20.4 Å². The Morgan fingerprint density at radius 1 is 1.00 bits per heavy atom. The first-order valence-corrected chi connectivity index (χ1v) is 1.47. The van der Waals surface area contributed by atoms with Gasteiger partial charge in [0.05, 0.1) is 12.5 Å². The summed E-state index contributed by atoms with van der Waals surface area (Å²) in [5.41, 5.74) is 0. The zero-order valence-corrected chi connectivity index (χ0v) is 6.81. The third kappa shape index (κ3) is 3.78. The van der Waals surface area contributed by atoms with Gasteiger partial charge in [-0.05, 0) is 12.1 Å². The molecule has 0 fully saturated rings. The van der Waals surface area contributed by atoms with Crippen LogP contribution in [0.4, 0.5) is 0 Å². The van der Waals surface area contributed by atoms with Gasteiger partial charge in [-0.2, -0.15) is 0 Å². The van der Waals surface area contributed by atoms with Crippen molar-refractivity contribution in [3.63, 3.8) is 0 Å². The van der Waals surface area contributed by atoms with E-state index in [1.807, 2.05) is 12.1 Å². The Morgan fingerprint density at radius 2 is 1.43 bits per heavy atom. The first kappa shape index (κ1) is 10.0. The Morgan fingerprint density at radius 3 is 1.57 bits per heavy atom. The van der Waals surface area contributed by atoms with Gasteiger partial charge in [0, 0.05) is 20.4 Å². The molecule has 0 aromatic carbocycles. The minimum Gasteiger partial charge on any atom is -0.473 e. The summed E-state index contributed by atoms with van der Waals surface area (Å²) in [5.74, 6) is 0. The van der Waals surface area contributed by atoms with Crippen LogP contribution in [0, 0.1) is 7.43 Å². The minimum atomic E-state index is 0. The molecule has 1 aromatic heterocycles. The molecular formula is C5H7ORe-. The van der Waals surface area contributed by atoms with Gasteiger partial charge in [-0.15, -0.1) is 0 Å². The normalized spacial score (nSPS) is 5.71. The maximum atomic E-state index is 4.58. The molecule has 2 heteroatoms. The van der Waals surface area contributed by atoms with E-state index in [1.165, 1.54) is 0 Å². The van der Waals surface area contributed by atoms with E-state index in [9.17, 15) is 0 Å². The summed E-state index contributed by atoms with van der Waals surface area (Å²) in [5, 5.41) is 0. The monoisotopic (exact) mass is 270 g/mol. The quantitative estimate of drug-likeness (QED) is 0.654. The van der Waals surface area contributed by atoms with Crippen molar-refractivity contribution in [1.82, 2.24) is 0 Å². The third-order valence-corrected chi connectivity index (χ3v) is 0.425. The molecule has 0 saturated carbocycles. The van der Waals surface area contributed by atoms with Crippen LogP contribution in [0.1, 0.15) is 0 Å². The molecule has 0 aliphatic heterocycles. The molecule has 0 aliphatic carbocycles. The second-order valence-corrected chi connectivity index (χ2v) is 0.793. The van der Waals surface area contributed by atoms with Crippen LogP contribution in [0.3, 0.4) is 0 Å². The molecule has 0 N–H and O–H groups in total. The molecule has 0 spiro atoms. The SMILES string of the molecule is [CH3-].[Re].c1ccoc1. The topological polar surface area (TPSA) is 13.1 Å². The predicted octanol–water partition coefficient (Wildman–Crippen LogP) is 1.73. The molecule has 1 aromatic rings. The van der Waals surface area contributed by atoms with Crippen LogP contribution in [0.15, 0.2) is 29.1 Å². The Balaban J connectivity index is 0. The number of hydrogen-bond acceptors (Lipinski definition) is 1. The zero-order valence-electron chi connectivity index (χ0n) is 4.10. The molecule has 7 heavy (non-hydrogen) atoms. The van der Waals surface area contributed by atoms with Crippen LogP contribution in [0.25, 0.3) is 0 Å². The molecular weight excluding hydrogens is 262 g/mol. The Labute approximate surface area is 57.4 Å². The largest absolute Gasteiger partial charge is 0.473 e. The van der Waals surface area contributed by atoms with Gasteiger partial charge in [0.2, 0.25) is 0 Å². The van der Waals surface area contributed by atoms with Gasteiger partial charge in [-0.3, -0.25) is 0 Å². The van der Waals surface area contributed by atoms with Crippen LogP contribution in [0.2, 0.25) is 0 Å². The average molecular weight is 269 g/mol. The van der Waals surface area contributed by atoms with Crippen molar-refractivity contribution in [3.8, 4) is 0 Å². The third-order valence-electron chi connectivity index (χ3n) is 0.425. The van der Waals surface area contributed by atoms with Crippen molar-refractivity contribution >= 4 is 0 Å². The first-order chi connectivity index (χ1) is 2.50. The molecule has 0 amide bonds. The predicted molar refractivity (Wildman–Crippen MR) is 25.1 cm³/mol. The van der Waals surface area contributed by atoms with Gasteiger partial charge < -0.3 is 11.8 Å². The van der Waals surface area contributed by atoms with Crippen LogP contribution < -0.4 is 0 Å². The van der Waals surface area contributed by atoms with Crippen LogP contribution in [0.5, 0.6) is 0 Å². The fourth-order valence-electron chi connectivity index (χ4n) is 0.227. The van der Waals surface area contributed by atoms with Crippen molar-refractivity contribution in [2.75, 3.05) is 0 Å². The fourth-order valence-corrected chi connectivity index (χ4v) is 0.227. The molecule has 0 aliphatic rings. The number of hydrogen-bond donors (Lipinski definition) is 0. The Hall–Kier alpha value is -0.0577. The molecule has 1 rings (SSSR count). The van der Waals surface area contributed by atoms with E-state index in [4.69, 9.17) is 0 Å². The standard InChI is InChI=1S/C4H4O.CH3.Re/c1-2-4-5-3-1;;/h1-4H;1H3;/q;-1;. The Kier molecular flexibility index (Phi) is 8.52. The van der Waals surface area contributed by atoms with Crippen molar-refractivity contribution in [2.45, 2.75) is 0 Å². The summed E-state index contributed by atoms with van der Waals surface area (Å²) < 4.78 is 4.58. The van der Waals surface area contributed by atoms with Crippen molar-refractivity contribution in [2.24, 2.45) is 0 Å². The summed E-state index contributed by atoms with van der Waals surface area (Å²) in [6.07, 6.45) is 3.25. The van der Waals surface area contributed by atoms with E-state index in [-0.39, 0.29) is 27.8 Å². The van der Waals surface area contributed by atoms with Crippen LogP contribution >= 0.6 is 0 Å². The van der Waals surface area contributed by atoms with Gasteiger partial charge in [0.15, 0.2) is 0 Å². The van der Waals surface area contributed by atoms with Crippen molar-refractivity contribution in [3.05, 3.63) is 32.1 Å². The summed E-state index contributed by atoms with van der Waals surface area (Å²) >= 11 is 0. The van der Waals surface area contributed by atoms with Gasteiger partial charge >= 0.3 is 0 Å².